The molecule has 2 aromatic carbocycles. The minimum Gasteiger partial charge on any atom is -0.493 e. The number of hydrogen-bond donors (Lipinski definition) is 0. The van der Waals surface area contributed by atoms with Gasteiger partial charge in [0.1, 0.15) is 5.75 Å². The molecular formula is C18H21NO. The number of anilines is 1. The molecule has 0 spiro atoms. The van der Waals surface area contributed by atoms with Gasteiger partial charge in [-0.05, 0) is 42.7 Å². The van der Waals surface area contributed by atoms with Crippen molar-refractivity contribution in [3.05, 3.63) is 60.2 Å². The van der Waals surface area contributed by atoms with E-state index in [-0.39, 0.29) is 0 Å². The van der Waals surface area contributed by atoms with Crippen LogP contribution in [0, 0.1) is 0 Å². The van der Waals surface area contributed by atoms with Gasteiger partial charge in [-0.1, -0.05) is 30.3 Å². The van der Waals surface area contributed by atoms with E-state index in [2.05, 4.69) is 53.4 Å². The molecule has 2 heteroatoms. The van der Waals surface area contributed by atoms with Crippen LogP contribution >= 0.6 is 0 Å². The van der Waals surface area contributed by atoms with Crippen LogP contribution in [0.4, 0.5) is 5.69 Å². The van der Waals surface area contributed by atoms with Gasteiger partial charge in [-0.25, -0.2) is 0 Å². The Kier molecular flexibility index (Phi) is 4.22. The number of rotatable bonds is 5. The normalized spacial score (nSPS) is 14.5. The topological polar surface area (TPSA) is 12.5 Å². The standard InChI is InChI=1S/C18H21NO/c1-2-6-16(7-3-1)12-15-20-18-10-8-17(9-11-18)19-13-4-5-14-19/h1-3,6-11H,4-5,12-15H2. The van der Waals surface area contributed by atoms with Crippen LogP contribution in [0.25, 0.3) is 0 Å². The third-order valence-corrected chi connectivity index (χ3v) is 3.81. The molecule has 0 bridgehead atoms. The van der Waals surface area contributed by atoms with Crippen molar-refractivity contribution in [2.75, 3.05) is 24.6 Å². The lowest BCUT2D eigenvalue weighted by Crippen LogP contribution is -2.17. The van der Waals surface area contributed by atoms with Crippen molar-refractivity contribution in [3.8, 4) is 5.75 Å². The molecule has 1 aliphatic heterocycles. The second-order valence-corrected chi connectivity index (χ2v) is 5.27. The third kappa shape index (κ3) is 3.32. The summed E-state index contributed by atoms with van der Waals surface area (Å²) in [7, 11) is 0. The van der Waals surface area contributed by atoms with Crippen molar-refractivity contribution < 1.29 is 4.74 Å². The molecule has 1 aliphatic rings. The van der Waals surface area contributed by atoms with Crippen molar-refractivity contribution in [3.63, 3.8) is 0 Å². The van der Waals surface area contributed by atoms with Gasteiger partial charge in [-0.15, -0.1) is 0 Å². The summed E-state index contributed by atoms with van der Waals surface area (Å²) in [4.78, 5) is 2.44. The molecule has 0 saturated carbocycles. The second kappa shape index (κ2) is 6.47. The van der Waals surface area contributed by atoms with E-state index in [0.717, 1.165) is 18.8 Å². The summed E-state index contributed by atoms with van der Waals surface area (Å²) in [6.45, 7) is 3.11. The molecule has 0 radical (unpaired) electrons. The Balaban J connectivity index is 1.50. The van der Waals surface area contributed by atoms with Gasteiger partial charge in [0, 0.05) is 25.2 Å². The van der Waals surface area contributed by atoms with E-state index < -0.39 is 0 Å². The Morgan fingerprint density at radius 3 is 2.25 bits per heavy atom. The maximum Gasteiger partial charge on any atom is 0.119 e. The van der Waals surface area contributed by atoms with E-state index in [0.29, 0.717) is 0 Å². The van der Waals surface area contributed by atoms with Crippen LogP contribution in [-0.4, -0.2) is 19.7 Å². The SMILES string of the molecule is c1ccc(CCOc2ccc(N3CCCC3)cc2)cc1. The molecule has 0 atom stereocenters. The van der Waals surface area contributed by atoms with Crippen LogP contribution in [0.1, 0.15) is 18.4 Å². The molecule has 2 nitrogen and oxygen atoms in total. The maximum absolute atomic E-state index is 5.81. The summed E-state index contributed by atoms with van der Waals surface area (Å²) in [5.41, 5.74) is 2.64. The Hall–Kier alpha value is -1.96. The molecule has 2 aromatic rings. The first-order chi connectivity index (χ1) is 9.92. The predicted octanol–water partition coefficient (Wildman–Crippen LogP) is 3.91. The molecule has 1 saturated heterocycles. The highest BCUT2D eigenvalue weighted by molar-refractivity contribution is 5.49. The zero-order valence-electron chi connectivity index (χ0n) is 11.8. The fourth-order valence-electron chi connectivity index (χ4n) is 2.66. The Morgan fingerprint density at radius 1 is 0.850 bits per heavy atom. The Bertz CT molecular complexity index is 515. The smallest absolute Gasteiger partial charge is 0.119 e. The lowest BCUT2D eigenvalue weighted by molar-refractivity contribution is 0.322. The summed E-state index contributed by atoms with van der Waals surface area (Å²) in [5, 5.41) is 0. The number of benzene rings is 2. The number of hydrogen-bond acceptors (Lipinski definition) is 2. The summed E-state index contributed by atoms with van der Waals surface area (Å²) in [5.74, 6) is 0.962. The molecule has 104 valence electrons. The van der Waals surface area contributed by atoms with Gasteiger partial charge >= 0.3 is 0 Å². The Morgan fingerprint density at radius 2 is 1.55 bits per heavy atom. The van der Waals surface area contributed by atoms with Crippen molar-refractivity contribution in [2.45, 2.75) is 19.3 Å². The van der Waals surface area contributed by atoms with Crippen molar-refractivity contribution >= 4 is 5.69 Å². The summed E-state index contributed by atoms with van der Waals surface area (Å²) >= 11 is 0. The third-order valence-electron chi connectivity index (χ3n) is 3.81. The first kappa shape index (κ1) is 13.0. The predicted molar refractivity (Wildman–Crippen MR) is 83.5 cm³/mol. The van der Waals surface area contributed by atoms with Crippen molar-refractivity contribution in [2.24, 2.45) is 0 Å². The van der Waals surface area contributed by atoms with Gasteiger partial charge < -0.3 is 9.64 Å². The van der Waals surface area contributed by atoms with E-state index in [1.54, 1.807) is 0 Å². The average molecular weight is 267 g/mol. The fraction of sp³-hybridized carbons (Fsp3) is 0.333. The minimum absolute atomic E-state index is 0.729. The van der Waals surface area contributed by atoms with E-state index >= 15 is 0 Å². The molecule has 0 amide bonds. The van der Waals surface area contributed by atoms with Crippen LogP contribution in [-0.2, 0) is 6.42 Å². The van der Waals surface area contributed by atoms with Gasteiger partial charge in [0.05, 0.1) is 6.61 Å². The maximum atomic E-state index is 5.81. The molecule has 0 unspecified atom stereocenters. The van der Waals surface area contributed by atoms with Crippen molar-refractivity contribution in [1.82, 2.24) is 0 Å². The fourth-order valence-corrected chi connectivity index (χ4v) is 2.66. The van der Waals surface area contributed by atoms with Crippen LogP contribution in [0.15, 0.2) is 54.6 Å². The van der Waals surface area contributed by atoms with Crippen LogP contribution in [0.5, 0.6) is 5.75 Å². The van der Waals surface area contributed by atoms with Gasteiger partial charge in [0.15, 0.2) is 0 Å². The van der Waals surface area contributed by atoms with Crippen LogP contribution < -0.4 is 9.64 Å². The monoisotopic (exact) mass is 267 g/mol. The van der Waals surface area contributed by atoms with Crippen molar-refractivity contribution in [1.29, 1.82) is 0 Å². The number of nitrogens with zero attached hydrogens (tertiary/aromatic N) is 1. The van der Waals surface area contributed by atoms with E-state index in [4.69, 9.17) is 4.74 Å². The quantitative estimate of drug-likeness (QED) is 0.814. The van der Waals surface area contributed by atoms with Crippen LogP contribution in [0.3, 0.4) is 0 Å². The number of ether oxygens (including phenoxy) is 1. The summed E-state index contributed by atoms with van der Waals surface area (Å²) in [6.07, 6.45) is 3.58. The lowest BCUT2D eigenvalue weighted by Gasteiger charge is -2.17. The largest absolute Gasteiger partial charge is 0.493 e. The highest BCUT2D eigenvalue weighted by Crippen LogP contribution is 2.23. The molecule has 3 rings (SSSR count). The van der Waals surface area contributed by atoms with E-state index in [1.165, 1.54) is 37.2 Å². The first-order valence-electron chi connectivity index (χ1n) is 7.43. The van der Waals surface area contributed by atoms with Gasteiger partial charge in [0.2, 0.25) is 0 Å². The molecule has 0 N–H and O–H groups in total. The molecule has 1 heterocycles. The summed E-state index contributed by atoms with van der Waals surface area (Å²) in [6, 6.07) is 19.0. The summed E-state index contributed by atoms with van der Waals surface area (Å²) < 4.78 is 5.81. The van der Waals surface area contributed by atoms with E-state index in [1.807, 2.05) is 6.07 Å². The minimum atomic E-state index is 0.729. The molecule has 0 aromatic heterocycles. The van der Waals surface area contributed by atoms with Gasteiger partial charge in [-0.3, -0.25) is 0 Å². The average Bonchev–Trinajstić information content (AvgIpc) is 3.03. The molecule has 20 heavy (non-hydrogen) atoms. The zero-order valence-corrected chi connectivity index (χ0v) is 11.8. The van der Waals surface area contributed by atoms with E-state index in [9.17, 15) is 0 Å². The second-order valence-electron chi connectivity index (χ2n) is 5.27. The zero-order chi connectivity index (χ0) is 13.6. The highest BCUT2D eigenvalue weighted by Gasteiger charge is 2.11. The van der Waals surface area contributed by atoms with Gasteiger partial charge in [0.25, 0.3) is 0 Å². The molecule has 0 aliphatic carbocycles. The lowest BCUT2D eigenvalue weighted by atomic mass is 10.2. The Labute approximate surface area is 121 Å². The molecular weight excluding hydrogens is 246 g/mol. The van der Waals surface area contributed by atoms with Gasteiger partial charge in [-0.2, -0.15) is 0 Å². The first-order valence-corrected chi connectivity index (χ1v) is 7.43. The highest BCUT2D eigenvalue weighted by atomic mass is 16.5. The molecule has 1 fully saturated rings. The van der Waals surface area contributed by atoms with Crippen LogP contribution in [0.2, 0.25) is 0 Å².